The molecule has 0 unspecified atom stereocenters. The number of hydrazine groups is 1. The number of benzene rings is 1. The summed E-state index contributed by atoms with van der Waals surface area (Å²) in [6.07, 6.45) is 1.05. The van der Waals surface area contributed by atoms with Crippen LogP contribution in [0, 0.1) is 6.92 Å². The van der Waals surface area contributed by atoms with E-state index in [0.717, 1.165) is 25.3 Å². The molecule has 1 aliphatic rings. The van der Waals surface area contributed by atoms with Crippen LogP contribution in [0.3, 0.4) is 0 Å². The van der Waals surface area contributed by atoms with E-state index in [1.54, 1.807) is 13.0 Å². The molecule has 0 saturated heterocycles. The Labute approximate surface area is 123 Å². The predicted octanol–water partition coefficient (Wildman–Crippen LogP) is 1.75. The second-order valence-electron chi connectivity index (χ2n) is 5.39. The van der Waals surface area contributed by atoms with Crippen molar-refractivity contribution in [1.82, 2.24) is 10.3 Å². The van der Waals surface area contributed by atoms with Gasteiger partial charge in [0, 0.05) is 13.1 Å². The summed E-state index contributed by atoms with van der Waals surface area (Å²) in [6, 6.07) is 10.3. The predicted molar refractivity (Wildman–Crippen MR) is 79.4 cm³/mol. The minimum atomic E-state index is -0.313. The fourth-order valence-corrected chi connectivity index (χ4v) is 2.83. The Kier molecular flexibility index (Phi) is 3.77. The molecule has 2 heterocycles. The minimum Gasteiger partial charge on any atom is -0.464 e. The summed E-state index contributed by atoms with van der Waals surface area (Å²) in [7, 11) is 0. The quantitative estimate of drug-likeness (QED) is 0.512. The van der Waals surface area contributed by atoms with E-state index in [-0.39, 0.29) is 5.91 Å². The maximum atomic E-state index is 11.6. The average Bonchev–Trinajstić information content (AvgIpc) is 2.87. The highest BCUT2D eigenvalue weighted by atomic mass is 16.3. The summed E-state index contributed by atoms with van der Waals surface area (Å²) in [5.74, 6) is 6.25. The van der Waals surface area contributed by atoms with Gasteiger partial charge in [-0.15, -0.1) is 0 Å². The topological polar surface area (TPSA) is 71.5 Å². The number of nitrogens with two attached hydrogens (primary N) is 1. The number of nitrogens with zero attached hydrogens (tertiary/aromatic N) is 1. The number of hydrogen-bond donors (Lipinski definition) is 2. The van der Waals surface area contributed by atoms with Gasteiger partial charge >= 0.3 is 0 Å². The monoisotopic (exact) mass is 285 g/mol. The van der Waals surface area contributed by atoms with Crippen LogP contribution in [0.2, 0.25) is 0 Å². The Morgan fingerprint density at radius 3 is 2.90 bits per heavy atom. The number of nitrogens with one attached hydrogen (secondary N) is 1. The van der Waals surface area contributed by atoms with Gasteiger partial charge in [-0.25, -0.2) is 5.84 Å². The molecular formula is C16H19N3O2. The van der Waals surface area contributed by atoms with Gasteiger partial charge in [0.25, 0.3) is 5.91 Å². The highest BCUT2D eigenvalue weighted by molar-refractivity contribution is 5.94. The van der Waals surface area contributed by atoms with Crippen molar-refractivity contribution in [2.75, 3.05) is 6.54 Å². The van der Waals surface area contributed by atoms with Crippen molar-refractivity contribution in [3.63, 3.8) is 0 Å². The lowest BCUT2D eigenvalue weighted by atomic mass is 10.00. The highest BCUT2D eigenvalue weighted by Crippen LogP contribution is 2.22. The van der Waals surface area contributed by atoms with Gasteiger partial charge in [-0.05, 0) is 30.5 Å². The number of fused-ring (bicyclic) bond motifs is 1. The minimum absolute atomic E-state index is 0.313. The molecule has 1 aliphatic heterocycles. The lowest BCUT2D eigenvalue weighted by Gasteiger charge is -2.27. The van der Waals surface area contributed by atoms with Crippen molar-refractivity contribution < 1.29 is 9.21 Å². The van der Waals surface area contributed by atoms with Gasteiger partial charge in [0.1, 0.15) is 11.5 Å². The number of carbonyl (C=O) groups is 1. The first kappa shape index (κ1) is 13.9. The van der Waals surface area contributed by atoms with Crippen molar-refractivity contribution in [2.24, 2.45) is 5.84 Å². The number of nitrogen functional groups attached to an aromatic ring is 1. The zero-order valence-electron chi connectivity index (χ0n) is 12.1. The first-order valence-electron chi connectivity index (χ1n) is 7.07. The fourth-order valence-electron chi connectivity index (χ4n) is 2.83. The van der Waals surface area contributed by atoms with E-state index >= 15 is 0 Å². The zero-order chi connectivity index (χ0) is 14.8. The number of rotatable bonds is 3. The summed E-state index contributed by atoms with van der Waals surface area (Å²) in [5, 5.41) is 0. The molecule has 1 aromatic heterocycles. The second-order valence-corrected chi connectivity index (χ2v) is 5.39. The van der Waals surface area contributed by atoms with Crippen LogP contribution in [-0.2, 0) is 19.5 Å². The van der Waals surface area contributed by atoms with Crippen LogP contribution in [0.25, 0.3) is 0 Å². The van der Waals surface area contributed by atoms with Gasteiger partial charge in [0.15, 0.2) is 0 Å². The van der Waals surface area contributed by atoms with Crippen LogP contribution in [0.4, 0.5) is 0 Å². The number of aryl methyl sites for hydroxylation is 1. The molecule has 0 aliphatic carbocycles. The second kappa shape index (κ2) is 5.71. The van der Waals surface area contributed by atoms with E-state index in [4.69, 9.17) is 10.3 Å². The molecule has 1 aromatic carbocycles. The Morgan fingerprint density at radius 1 is 1.38 bits per heavy atom. The molecular weight excluding hydrogens is 266 g/mol. The van der Waals surface area contributed by atoms with Crippen LogP contribution in [-0.4, -0.2) is 17.4 Å². The first-order valence-corrected chi connectivity index (χ1v) is 7.07. The molecule has 1 amide bonds. The smallest absolute Gasteiger partial charge is 0.268 e. The molecule has 0 fully saturated rings. The molecule has 3 N–H and O–H groups in total. The molecule has 2 aromatic rings. The van der Waals surface area contributed by atoms with Gasteiger partial charge < -0.3 is 4.42 Å². The fraction of sp³-hybridized carbons (Fsp3) is 0.312. The van der Waals surface area contributed by atoms with Crippen LogP contribution >= 0.6 is 0 Å². The summed E-state index contributed by atoms with van der Waals surface area (Å²) in [5.41, 5.74) is 5.44. The first-order chi connectivity index (χ1) is 10.2. The molecule has 21 heavy (non-hydrogen) atoms. The van der Waals surface area contributed by atoms with E-state index in [1.807, 2.05) is 0 Å². The standard InChI is InChI=1S/C16H19N3O2/c1-11-15(16(20)18-17)8-14(21-11)10-19-7-6-12-4-2-3-5-13(12)9-19/h2-5,8H,6-7,9-10,17H2,1H3,(H,18,20). The summed E-state index contributed by atoms with van der Waals surface area (Å²) < 4.78 is 5.67. The van der Waals surface area contributed by atoms with Crippen LogP contribution in [0.5, 0.6) is 0 Å². The van der Waals surface area contributed by atoms with Crippen LogP contribution < -0.4 is 11.3 Å². The lowest BCUT2D eigenvalue weighted by molar-refractivity contribution is 0.0952. The highest BCUT2D eigenvalue weighted by Gasteiger charge is 2.19. The van der Waals surface area contributed by atoms with Crippen molar-refractivity contribution in [3.8, 4) is 0 Å². The molecule has 0 atom stereocenters. The van der Waals surface area contributed by atoms with Gasteiger partial charge in [0.05, 0.1) is 12.1 Å². The number of carbonyl (C=O) groups excluding carboxylic acids is 1. The van der Waals surface area contributed by atoms with E-state index in [1.165, 1.54) is 11.1 Å². The van der Waals surface area contributed by atoms with Gasteiger partial charge in [-0.2, -0.15) is 0 Å². The van der Waals surface area contributed by atoms with E-state index in [9.17, 15) is 4.79 Å². The molecule has 3 rings (SSSR count). The normalized spacial score (nSPS) is 14.8. The third-order valence-electron chi connectivity index (χ3n) is 3.93. The van der Waals surface area contributed by atoms with E-state index < -0.39 is 0 Å². The number of furan rings is 1. The summed E-state index contributed by atoms with van der Waals surface area (Å²) in [4.78, 5) is 13.9. The van der Waals surface area contributed by atoms with Gasteiger partial charge in [-0.3, -0.25) is 15.1 Å². The number of amides is 1. The van der Waals surface area contributed by atoms with E-state index in [0.29, 0.717) is 17.9 Å². The molecule has 0 radical (unpaired) electrons. The third-order valence-corrected chi connectivity index (χ3v) is 3.93. The van der Waals surface area contributed by atoms with E-state index in [2.05, 4.69) is 34.6 Å². The van der Waals surface area contributed by atoms with Gasteiger partial charge in [0.2, 0.25) is 0 Å². The average molecular weight is 285 g/mol. The van der Waals surface area contributed by atoms with Crippen molar-refractivity contribution in [1.29, 1.82) is 0 Å². The SMILES string of the molecule is Cc1oc(CN2CCc3ccccc3C2)cc1C(=O)NN. The Balaban J connectivity index is 1.72. The Morgan fingerprint density at radius 2 is 2.14 bits per heavy atom. The molecule has 5 nitrogen and oxygen atoms in total. The van der Waals surface area contributed by atoms with Crippen molar-refractivity contribution in [2.45, 2.75) is 26.4 Å². The largest absolute Gasteiger partial charge is 0.464 e. The molecule has 110 valence electrons. The maximum Gasteiger partial charge on any atom is 0.268 e. The Hall–Kier alpha value is -2.11. The summed E-state index contributed by atoms with van der Waals surface area (Å²) in [6.45, 7) is 4.39. The van der Waals surface area contributed by atoms with Crippen molar-refractivity contribution >= 4 is 5.91 Å². The van der Waals surface area contributed by atoms with Crippen molar-refractivity contribution in [3.05, 3.63) is 58.5 Å². The maximum absolute atomic E-state index is 11.6. The zero-order valence-corrected chi connectivity index (χ0v) is 12.1. The van der Waals surface area contributed by atoms with Gasteiger partial charge in [-0.1, -0.05) is 24.3 Å². The Bertz CT molecular complexity index is 663. The number of hydrogen-bond acceptors (Lipinski definition) is 4. The third kappa shape index (κ3) is 2.84. The lowest BCUT2D eigenvalue weighted by Crippen LogP contribution is -2.30. The van der Waals surface area contributed by atoms with Crippen LogP contribution in [0.15, 0.2) is 34.7 Å². The molecule has 0 saturated carbocycles. The summed E-state index contributed by atoms with van der Waals surface area (Å²) >= 11 is 0. The molecule has 0 spiro atoms. The molecule has 0 bridgehead atoms. The molecule has 5 heteroatoms. The van der Waals surface area contributed by atoms with Crippen LogP contribution in [0.1, 0.15) is 33.0 Å².